The van der Waals surface area contributed by atoms with Crippen molar-refractivity contribution < 1.29 is 4.79 Å². The fourth-order valence-electron chi connectivity index (χ4n) is 3.64. The van der Waals surface area contributed by atoms with Crippen LogP contribution in [-0.4, -0.2) is 70.4 Å². The molecule has 0 radical (unpaired) electrons. The minimum absolute atomic E-state index is 0.160. The number of amides is 1. The molecule has 2 aromatic heterocycles. The molecule has 0 spiro atoms. The van der Waals surface area contributed by atoms with E-state index < -0.39 is 0 Å². The van der Waals surface area contributed by atoms with Crippen molar-refractivity contribution in [2.45, 2.75) is 32.2 Å². The van der Waals surface area contributed by atoms with E-state index in [9.17, 15) is 4.79 Å². The summed E-state index contributed by atoms with van der Waals surface area (Å²) >= 11 is 1.79. The largest absolute Gasteiger partial charge is 0.338 e. The number of hydrogen-bond acceptors (Lipinski definition) is 7. The van der Waals surface area contributed by atoms with Crippen molar-refractivity contribution in [2.24, 2.45) is 0 Å². The number of piperazine rings is 1. The van der Waals surface area contributed by atoms with Crippen LogP contribution in [0, 0.1) is 0 Å². The fourth-order valence-corrected chi connectivity index (χ4v) is 4.85. The number of carbonyl (C=O) groups is 1. The van der Waals surface area contributed by atoms with Gasteiger partial charge in [-0.25, -0.2) is 15.0 Å². The van der Waals surface area contributed by atoms with Gasteiger partial charge >= 0.3 is 0 Å². The van der Waals surface area contributed by atoms with Gasteiger partial charge in [0.1, 0.15) is 5.01 Å². The predicted molar refractivity (Wildman–Crippen MR) is 106 cm³/mol. The minimum Gasteiger partial charge on any atom is -0.338 e. The van der Waals surface area contributed by atoms with Crippen LogP contribution in [0.5, 0.6) is 0 Å². The van der Waals surface area contributed by atoms with Crippen molar-refractivity contribution in [1.29, 1.82) is 0 Å². The van der Waals surface area contributed by atoms with Crippen molar-refractivity contribution in [1.82, 2.24) is 24.8 Å². The maximum atomic E-state index is 12.6. The van der Waals surface area contributed by atoms with Crippen LogP contribution in [0.2, 0.25) is 0 Å². The van der Waals surface area contributed by atoms with Gasteiger partial charge in [-0.05, 0) is 31.7 Å². The van der Waals surface area contributed by atoms with E-state index >= 15 is 0 Å². The van der Waals surface area contributed by atoms with Crippen molar-refractivity contribution in [3.8, 4) is 0 Å². The summed E-state index contributed by atoms with van der Waals surface area (Å²) in [5.74, 6) is 0.931. The number of aromatic nitrogens is 3. The Balaban J connectivity index is 1.26. The fraction of sp³-hybridized carbons (Fsp3) is 0.579. The molecule has 8 heteroatoms. The SMILES string of the molecule is CN(Cc1nc2c(s1)CCCC2)C(=O)CN1CCN(c2ncccn2)CC1. The highest BCUT2D eigenvalue weighted by Crippen LogP contribution is 2.27. The number of aryl methyl sites for hydroxylation is 2. The molecular formula is C19H26N6OS. The van der Waals surface area contributed by atoms with Gasteiger partial charge in [-0.1, -0.05) is 0 Å². The minimum atomic E-state index is 0.160. The molecule has 2 aliphatic rings. The third kappa shape index (κ3) is 4.44. The van der Waals surface area contributed by atoms with E-state index in [4.69, 9.17) is 4.98 Å². The summed E-state index contributed by atoms with van der Waals surface area (Å²) in [5, 5.41) is 1.07. The summed E-state index contributed by atoms with van der Waals surface area (Å²) in [4.78, 5) is 33.6. The third-order valence-corrected chi connectivity index (χ3v) is 6.40. The molecule has 0 atom stereocenters. The first kappa shape index (κ1) is 18.3. The average Bonchev–Trinajstić information content (AvgIpc) is 3.11. The lowest BCUT2D eigenvalue weighted by atomic mass is 10.0. The third-order valence-electron chi connectivity index (χ3n) is 5.25. The molecule has 0 unspecified atom stereocenters. The van der Waals surface area contributed by atoms with E-state index in [0.717, 1.165) is 50.0 Å². The van der Waals surface area contributed by atoms with Gasteiger partial charge in [0.2, 0.25) is 11.9 Å². The molecule has 1 aliphatic carbocycles. The van der Waals surface area contributed by atoms with Gasteiger partial charge in [0, 0.05) is 50.5 Å². The lowest BCUT2D eigenvalue weighted by Gasteiger charge is -2.34. The number of carbonyl (C=O) groups excluding carboxylic acids is 1. The first-order valence-corrected chi connectivity index (χ1v) is 10.5. The molecule has 4 rings (SSSR count). The number of thiazole rings is 1. The van der Waals surface area contributed by atoms with E-state index in [1.807, 2.05) is 18.0 Å². The van der Waals surface area contributed by atoms with Crippen LogP contribution < -0.4 is 4.90 Å². The van der Waals surface area contributed by atoms with Crippen LogP contribution in [0.25, 0.3) is 0 Å². The highest BCUT2D eigenvalue weighted by molar-refractivity contribution is 7.11. The summed E-state index contributed by atoms with van der Waals surface area (Å²) in [6.07, 6.45) is 8.29. The molecule has 1 saturated heterocycles. The highest BCUT2D eigenvalue weighted by atomic mass is 32.1. The number of fused-ring (bicyclic) bond motifs is 1. The standard InChI is InChI=1S/C19H26N6OS/c1-23(13-17-22-15-5-2-3-6-16(15)27-17)18(26)14-24-9-11-25(12-10-24)19-20-7-4-8-21-19/h4,7-8H,2-3,5-6,9-14H2,1H3. The quantitative estimate of drug-likeness (QED) is 0.778. The van der Waals surface area contributed by atoms with E-state index in [1.165, 1.54) is 23.4 Å². The second-order valence-corrected chi connectivity index (χ2v) is 8.41. The van der Waals surface area contributed by atoms with Crippen molar-refractivity contribution in [3.05, 3.63) is 34.0 Å². The summed E-state index contributed by atoms with van der Waals surface area (Å²) in [6.45, 7) is 4.48. The Morgan fingerprint density at radius 1 is 1.15 bits per heavy atom. The second kappa shape index (κ2) is 8.31. The number of nitrogens with zero attached hydrogens (tertiary/aromatic N) is 6. The van der Waals surface area contributed by atoms with Crippen LogP contribution in [0.15, 0.2) is 18.5 Å². The zero-order chi connectivity index (χ0) is 18.6. The normalized spacial score (nSPS) is 17.6. The van der Waals surface area contributed by atoms with Gasteiger partial charge in [0.05, 0.1) is 18.8 Å². The zero-order valence-electron chi connectivity index (χ0n) is 15.8. The number of rotatable bonds is 5. The monoisotopic (exact) mass is 386 g/mol. The number of anilines is 1. The Morgan fingerprint density at radius 2 is 1.89 bits per heavy atom. The Hall–Kier alpha value is -2.06. The summed E-state index contributed by atoms with van der Waals surface area (Å²) in [6, 6.07) is 1.83. The van der Waals surface area contributed by atoms with E-state index in [0.29, 0.717) is 13.1 Å². The van der Waals surface area contributed by atoms with Crippen molar-refractivity contribution in [3.63, 3.8) is 0 Å². The molecule has 0 bridgehead atoms. The molecule has 1 aliphatic heterocycles. The summed E-state index contributed by atoms with van der Waals surface area (Å²) < 4.78 is 0. The van der Waals surface area contributed by atoms with Gasteiger partial charge in [-0.15, -0.1) is 11.3 Å². The van der Waals surface area contributed by atoms with Crippen LogP contribution in [0.3, 0.4) is 0 Å². The first-order valence-electron chi connectivity index (χ1n) is 9.65. The van der Waals surface area contributed by atoms with Crippen LogP contribution >= 0.6 is 11.3 Å². The van der Waals surface area contributed by atoms with Gasteiger partial charge in [0.15, 0.2) is 0 Å². The van der Waals surface area contributed by atoms with Crippen molar-refractivity contribution >= 4 is 23.2 Å². The average molecular weight is 387 g/mol. The second-order valence-electron chi connectivity index (χ2n) is 7.25. The van der Waals surface area contributed by atoms with E-state index in [2.05, 4.69) is 19.8 Å². The van der Waals surface area contributed by atoms with Crippen LogP contribution in [0.4, 0.5) is 5.95 Å². The van der Waals surface area contributed by atoms with Gasteiger partial charge < -0.3 is 9.80 Å². The Labute approximate surface area is 164 Å². The topological polar surface area (TPSA) is 65.5 Å². The number of hydrogen-bond donors (Lipinski definition) is 0. The molecule has 7 nitrogen and oxygen atoms in total. The van der Waals surface area contributed by atoms with Gasteiger partial charge in [-0.2, -0.15) is 0 Å². The maximum Gasteiger partial charge on any atom is 0.236 e. The molecule has 27 heavy (non-hydrogen) atoms. The van der Waals surface area contributed by atoms with Crippen LogP contribution in [-0.2, 0) is 24.2 Å². The predicted octanol–water partition coefficient (Wildman–Crippen LogP) is 1.59. The molecule has 144 valence electrons. The lowest BCUT2D eigenvalue weighted by Crippen LogP contribution is -2.50. The van der Waals surface area contributed by atoms with Crippen LogP contribution in [0.1, 0.15) is 28.4 Å². The van der Waals surface area contributed by atoms with E-state index in [-0.39, 0.29) is 5.91 Å². The Bertz CT molecular complexity index is 748. The lowest BCUT2D eigenvalue weighted by molar-refractivity contribution is -0.131. The molecular weight excluding hydrogens is 360 g/mol. The van der Waals surface area contributed by atoms with Gasteiger partial charge in [0.25, 0.3) is 0 Å². The molecule has 0 saturated carbocycles. The van der Waals surface area contributed by atoms with Crippen molar-refractivity contribution in [2.75, 3.05) is 44.7 Å². The molecule has 2 aromatic rings. The zero-order valence-corrected chi connectivity index (χ0v) is 16.6. The Morgan fingerprint density at radius 3 is 2.63 bits per heavy atom. The smallest absolute Gasteiger partial charge is 0.236 e. The molecule has 0 aromatic carbocycles. The highest BCUT2D eigenvalue weighted by Gasteiger charge is 2.23. The summed E-state index contributed by atoms with van der Waals surface area (Å²) in [7, 11) is 1.89. The molecule has 0 N–H and O–H groups in total. The maximum absolute atomic E-state index is 12.6. The molecule has 1 fully saturated rings. The van der Waals surface area contributed by atoms with E-state index in [1.54, 1.807) is 23.7 Å². The molecule has 3 heterocycles. The first-order chi connectivity index (χ1) is 13.2. The van der Waals surface area contributed by atoms with Gasteiger partial charge in [-0.3, -0.25) is 9.69 Å². The Kier molecular flexibility index (Phi) is 5.63. The number of likely N-dealkylation sites (N-methyl/N-ethyl adjacent to an activating group) is 1. The summed E-state index contributed by atoms with van der Waals surface area (Å²) in [5.41, 5.74) is 1.27. The molecule has 1 amide bonds.